The van der Waals surface area contributed by atoms with E-state index in [0.717, 1.165) is 21.1 Å². The lowest BCUT2D eigenvalue weighted by atomic mass is 10.1. The number of amides is 2. The Morgan fingerprint density at radius 1 is 1.19 bits per heavy atom. The number of carbonyl (C=O) groups excluding carboxylic acids is 2. The van der Waals surface area contributed by atoms with Crippen LogP contribution in [-0.4, -0.2) is 29.6 Å². The summed E-state index contributed by atoms with van der Waals surface area (Å²) in [5.41, 5.74) is 3.95. The Labute approximate surface area is 174 Å². The molecule has 0 aromatic heterocycles. The van der Waals surface area contributed by atoms with Gasteiger partial charge in [-0.15, -0.1) is 0 Å². The summed E-state index contributed by atoms with van der Waals surface area (Å²) in [6, 6.07) is 12.7. The third-order valence-electron chi connectivity index (χ3n) is 4.06. The van der Waals surface area contributed by atoms with Gasteiger partial charge in [-0.2, -0.15) is 0 Å². The zero-order valence-electron chi connectivity index (χ0n) is 14.7. The highest BCUT2D eigenvalue weighted by Gasteiger charge is 2.33. The van der Waals surface area contributed by atoms with Gasteiger partial charge in [0.05, 0.1) is 5.56 Å². The van der Waals surface area contributed by atoms with Crippen LogP contribution in [0.5, 0.6) is 5.75 Å². The van der Waals surface area contributed by atoms with Crippen LogP contribution >= 0.6 is 31.9 Å². The minimum Gasteiger partial charge on any atom is -0.484 e. The lowest BCUT2D eigenvalue weighted by Gasteiger charge is -2.37. The van der Waals surface area contributed by atoms with Gasteiger partial charge in [-0.05, 0) is 48.9 Å². The van der Waals surface area contributed by atoms with Crippen molar-refractivity contribution in [2.24, 2.45) is 0 Å². The molecule has 0 radical (unpaired) electrons. The number of hydrogen-bond acceptors (Lipinski definition) is 4. The minimum atomic E-state index is -0.396. The number of carbonyl (C=O) groups is 2. The van der Waals surface area contributed by atoms with Crippen molar-refractivity contribution in [3.8, 4) is 5.75 Å². The number of nitrogens with one attached hydrogen (secondary N) is 2. The van der Waals surface area contributed by atoms with Crippen LogP contribution in [0.4, 0.5) is 5.69 Å². The summed E-state index contributed by atoms with van der Waals surface area (Å²) in [4.78, 5) is 25.3. The fraction of sp³-hybridized carbons (Fsp3) is 0.263. The Morgan fingerprint density at radius 3 is 2.59 bits per heavy atom. The Morgan fingerprint density at radius 2 is 1.89 bits per heavy atom. The molecule has 6 nitrogen and oxygen atoms in total. The number of hydrogen-bond donors (Lipinski definition) is 2. The molecule has 1 unspecified atom stereocenters. The predicted molar refractivity (Wildman–Crippen MR) is 110 cm³/mol. The van der Waals surface area contributed by atoms with Crippen molar-refractivity contribution in [1.29, 1.82) is 0 Å². The predicted octanol–water partition coefficient (Wildman–Crippen LogP) is 4.32. The highest BCUT2D eigenvalue weighted by molar-refractivity contribution is 9.10. The second kappa shape index (κ2) is 8.75. The molecular weight excluding hydrogens is 478 g/mol. The maximum absolute atomic E-state index is 12.9. The SMILES string of the molecule is CCCC1Nc2ccc(Br)cc2C(=O)N1NC(=O)COc1ccc(Br)cc1. The smallest absolute Gasteiger partial charge is 0.276 e. The van der Waals surface area contributed by atoms with Crippen LogP contribution in [0, 0.1) is 0 Å². The topological polar surface area (TPSA) is 70.7 Å². The van der Waals surface area contributed by atoms with Crippen LogP contribution in [0.25, 0.3) is 0 Å². The molecule has 2 amide bonds. The van der Waals surface area contributed by atoms with Crippen molar-refractivity contribution in [3.63, 3.8) is 0 Å². The first-order chi connectivity index (χ1) is 13.0. The van der Waals surface area contributed by atoms with Gasteiger partial charge in [-0.1, -0.05) is 45.2 Å². The quantitative estimate of drug-likeness (QED) is 0.624. The van der Waals surface area contributed by atoms with Crippen molar-refractivity contribution in [3.05, 3.63) is 57.0 Å². The van der Waals surface area contributed by atoms with Crippen molar-refractivity contribution in [2.45, 2.75) is 25.9 Å². The van der Waals surface area contributed by atoms with Crippen molar-refractivity contribution < 1.29 is 14.3 Å². The molecule has 0 saturated carbocycles. The van der Waals surface area contributed by atoms with Crippen LogP contribution in [0.1, 0.15) is 30.1 Å². The molecule has 1 aliphatic heterocycles. The number of ether oxygens (including phenoxy) is 1. The van der Waals surface area contributed by atoms with E-state index in [4.69, 9.17) is 4.74 Å². The van der Waals surface area contributed by atoms with E-state index in [2.05, 4.69) is 42.6 Å². The van der Waals surface area contributed by atoms with Crippen LogP contribution < -0.4 is 15.5 Å². The van der Waals surface area contributed by atoms with Gasteiger partial charge >= 0.3 is 0 Å². The maximum Gasteiger partial charge on any atom is 0.276 e. The van der Waals surface area contributed by atoms with Gasteiger partial charge in [0.25, 0.3) is 11.8 Å². The highest BCUT2D eigenvalue weighted by atomic mass is 79.9. The number of halogens is 2. The highest BCUT2D eigenvalue weighted by Crippen LogP contribution is 2.28. The number of benzene rings is 2. The Balaban J connectivity index is 1.69. The van der Waals surface area contributed by atoms with Gasteiger partial charge in [0.15, 0.2) is 6.61 Å². The normalized spacial score (nSPS) is 15.7. The molecule has 2 aromatic rings. The Hall–Kier alpha value is -2.06. The van der Waals surface area contributed by atoms with Gasteiger partial charge in [-0.3, -0.25) is 15.0 Å². The van der Waals surface area contributed by atoms with Gasteiger partial charge in [0.2, 0.25) is 0 Å². The first kappa shape index (κ1) is 19.7. The first-order valence-electron chi connectivity index (χ1n) is 8.55. The number of rotatable bonds is 6. The number of fused-ring (bicyclic) bond motifs is 1. The Bertz CT molecular complexity index is 843. The van der Waals surface area contributed by atoms with Gasteiger partial charge < -0.3 is 10.1 Å². The van der Waals surface area contributed by atoms with E-state index >= 15 is 0 Å². The summed E-state index contributed by atoms with van der Waals surface area (Å²) in [5.74, 6) is -0.0658. The average Bonchev–Trinajstić information content (AvgIpc) is 2.65. The molecule has 142 valence electrons. The summed E-state index contributed by atoms with van der Waals surface area (Å²) < 4.78 is 7.21. The monoisotopic (exact) mass is 495 g/mol. The fourth-order valence-electron chi connectivity index (χ4n) is 2.78. The molecule has 0 aliphatic carbocycles. The molecule has 8 heteroatoms. The van der Waals surface area contributed by atoms with Crippen molar-refractivity contribution in [1.82, 2.24) is 10.4 Å². The lowest BCUT2D eigenvalue weighted by molar-refractivity contribution is -0.127. The fourth-order valence-corrected chi connectivity index (χ4v) is 3.41. The van der Waals surface area contributed by atoms with E-state index < -0.39 is 5.91 Å². The molecule has 0 fully saturated rings. The van der Waals surface area contributed by atoms with Crippen LogP contribution in [0.15, 0.2) is 51.4 Å². The number of anilines is 1. The standard InChI is InChI=1S/C19H19Br2N3O3/c1-2-3-17-22-16-9-6-13(21)10-15(16)19(26)24(17)23-18(25)11-27-14-7-4-12(20)5-8-14/h4-10,17,22H,2-3,11H2,1H3,(H,23,25). The zero-order valence-corrected chi connectivity index (χ0v) is 17.8. The van der Waals surface area contributed by atoms with Gasteiger partial charge in [-0.25, -0.2) is 5.01 Å². The van der Waals surface area contributed by atoms with Crippen molar-refractivity contribution >= 4 is 49.4 Å². The molecule has 1 aliphatic rings. The van der Waals surface area contributed by atoms with Gasteiger partial charge in [0.1, 0.15) is 11.9 Å². The summed E-state index contributed by atoms with van der Waals surface area (Å²) in [7, 11) is 0. The molecule has 3 rings (SSSR count). The molecule has 27 heavy (non-hydrogen) atoms. The zero-order chi connectivity index (χ0) is 19.4. The summed E-state index contributed by atoms with van der Waals surface area (Å²) in [5, 5.41) is 4.67. The van der Waals surface area contributed by atoms with E-state index in [1.807, 2.05) is 31.2 Å². The van der Waals surface area contributed by atoms with Crippen LogP contribution in [0.3, 0.4) is 0 Å². The molecule has 2 aromatic carbocycles. The summed E-state index contributed by atoms with van der Waals surface area (Å²) in [6.45, 7) is 1.84. The third-order valence-corrected chi connectivity index (χ3v) is 5.08. The average molecular weight is 497 g/mol. The molecular formula is C19H19Br2N3O3. The van der Waals surface area contributed by atoms with E-state index in [1.54, 1.807) is 18.2 Å². The summed E-state index contributed by atoms with van der Waals surface area (Å²) >= 11 is 6.73. The van der Waals surface area contributed by atoms with E-state index in [-0.39, 0.29) is 18.7 Å². The van der Waals surface area contributed by atoms with Gasteiger partial charge in [0, 0.05) is 14.6 Å². The van der Waals surface area contributed by atoms with Crippen LogP contribution in [-0.2, 0) is 4.79 Å². The third kappa shape index (κ3) is 4.81. The van der Waals surface area contributed by atoms with Crippen molar-refractivity contribution in [2.75, 3.05) is 11.9 Å². The van der Waals surface area contributed by atoms with Crippen LogP contribution in [0.2, 0.25) is 0 Å². The second-order valence-electron chi connectivity index (χ2n) is 6.09. The molecule has 1 atom stereocenters. The van der Waals surface area contributed by atoms with E-state index in [0.29, 0.717) is 17.7 Å². The molecule has 0 saturated heterocycles. The molecule has 0 spiro atoms. The molecule has 0 bridgehead atoms. The second-order valence-corrected chi connectivity index (χ2v) is 7.92. The number of hydrazine groups is 1. The van der Waals surface area contributed by atoms with E-state index in [1.165, 1.54) is 5.01 Å². The summed E-state index contributed by atoms with van der Waals surface area (Å²) in [6.07, 6.45) is 1.25. The first-order valence-corrected chi connectivity index (χ1v) is 10.1. The maximum atomic E-state index is 12.9. The lowest BCUT2D eigenvalue weighted by Crippen LogP contribution is -2.58. The number of nitrogens with zero attached hydrogens (tertiary/aromatic N) is 1. The van der Waals surface area contributed by atoms with E-state index in [9.17, 15) is 9.59 Å². The Kier molecular flexibility index (Phi) is 6.38. The molecule has 1 heterocycles. The largest absolute Gasteiger partial charge is 0.484 e. The molecule has 2 N–H and O–H groups in total. The minimum absolute atomic E-state index is 0.185.